The summed E-state index contributed by atoms with van der Waals surface area (Å²) in [5.74, 6) is 0.284. The van der Waals surface area contributed by atoms with Crippen molar-refractivity contribution in [2.75, 3.05) is 5.32 Å². The van der Waals surface area contributed by atoms with Crippen LogP contribution >= 0.6 is 31.9 Å². The summed E-state index contributed by atoms with van der Waals surface area (Å²) in [6.45, 7) is 0.566. The molecule has 0 saturated heterocycles. The highest BCUT2D eigenvalue weighted by Gasteiger charge is 2.07. The van der Waals surface area contributed by atoms with Gasteiger partial charge in [0.25, 0.3) is 0 Å². The maximum Gasteiger partial charge on any atom is 0.134 e. The van der Waals surface area contributed by atoms with Crippen molar-refractivity contribution in [3.05, 3.63) is 69.1 Å². The number of phenolic OH excluding ortho intramolecular Hbond substituents is 1. The largest absolute Gasteiger partial charge is 0.506 e. The van der Waals surface area contributed by atoms with Gasteiger partial charge in [0.05, 0.1) is 4.47 Å². The smallest absolute Gasteiger partial charge is 0.134 e. The first-order valence-electron chi connectivity index (χ1n) is 6.54. The molecule has 0 saturated carbocycles. The Balaban J connectivity index is 1.92. The SMILES string of the molecule is Oc1c(Br)cccc1CNc1ccc(Br)c2ccccc12. The normalized spacial score (nSPS) is 10.8. The van der Waals surface area contributed by atoms with Crippen molar-refractivity contribution in [1.29, 1.82) is 0 Å². The van der Waals surface area contributed by atoms with Gasteiger partial charge in [-0.05, 0) is 39.5 Å². The minimum Gasteiger partial charge on any atom is -0.506 e. The lowest BCUT2D eigenvalue weighted by Gasteiger charge is -2.12. The van der Waals surface area contributed by atoms with Gasteiger partial charge in [-0.25, -0.2) is 0 Å². The fourth-order valence-electron chi connectivity index (χ4n) is 2.31. The second-order valence-electron chi connectivity index (χ2n) is 4.74. The van der Waals surface area contributed by atoms with Crippen molar-refractivity contribution in [3.63, 3.8) is 0 Å². The van der Waals surface area contributed by atoms with E-state index >= 15 is 0 Å². The number of aromatic hydroxyl groups is 1. The van der Waals surface area contributed by atoms with Crippen molar-refractivity contribution in [1.82, 2.24) is 0 Å². The van der Waals surface area contributed by atoms with Gasteiger partial charge in [0, 0.05) is 27.7 Å². The number of benzene rings is 3. The van der Waals surface area contributed by atoms with E-state index in [9.17, 15) is 5.11 Å². The number of fused-ring (bicyclic) bond motifs is 1. The molecule has 2 nitrogen and oxygen atoms in total. The van der Waals surface area contributed by atoms with E-state index in [2.05, 4.69) is 49.3 Å². The first kappa shape index (κ1) is 14.4. The van der Waals surface area contributed by atoms with Crippen LogP contribution in [0, 0.1) is 0 Å². The molecule has 0 aromatic heterocycles. The fraction of sp³-hybridized carbons (Fsp3) is 0.0588. The van der Waals surface area contributed by atoms with Crippen LogP contribution in [-0.2, 0) is 6.54 Å². The van der Waals surface area contributed by atoms with Crippen LogP contribution in [0.5, 0.6) is 5.75 Å². The van der Waals surface area contributed by atoms with E-state index < -0.39 is 0 Å². The summed E-state index contributed by atoms with van der Waals surface area (Å²) in [6, 6.07) is 18.0. The Bertz CT molecular complexity index is 802. The average Bonchev–Trinajstić information content (AvgIpc) is 2.51. The number of hydrogen-bond acceptors (Lipinski definition) is 2. The molecule has 0 amide bonds. The molecule has 0 aliphatic rings. The van der Waals surface area contributed by atoms with Crippen molar-refractivity contribution >= 4 is 48.3 Å². The van der Waals surface area contributed by atoms with Crippen LogP contribution in [-0.4, -0.2) is 5.11 Å². The van der Waals surface area contributed by atoms with Gasteiger partial charge >= 0.3 is 0 Å². The number of nitrogens with one attached hydrogen (secondary N) is 1. The Morgan fingerprint density at radius 2 is 1.57 bits per heavy atom. The van der Waals surface area contributed by atoms with Crippen LogP contribution in [0.1, 0.15) is 5.56 Å². The Labute approximate surface area is 140 Å². The van der Waals surface area contributed by atoms with E-state index in [1.54, 1.807) is 0 Å². The van der Waals surface area contributed by atoms with Crippen LogP contribution in [0.2, 0.25) is 0 Å². The molecule has 3 rings (SSSR count). The van der Waals surface area contributed by atoms with Gasteiger partial charge < -0.3 is 10.4 Å². The highest BCUT2D eigenvalue weighted by molar-refractivity contribution is 9.11. The summed E-state index contributed by atoms with van der Waals surface area (Å²) in [5, 5.41) is 15.8. The standard InChI is InChI=1S/C17H13Br2NO/c18-14-8-9-16(13-6-2-1-5-12(13)14)20-10-11-4-3-7-15(19)17(11)21/h1-9,20-21H,10H2. The van der Waals surface area contributed by atoms with Crippen LogP contribution in [0.15, 0.2) is 63.5 Å². The van der Waals surface area contributed by atoms with Crippen LogP contribution in [0.25, 0.3) is 10.8 Å². The maximum absolute atomic E-state index is 10.0. The second kappa shape index (κ2) is 6.08. The number of para-hydroxylation sites is 1. The minimum absolute atomic E-state index is 0.284. The predicted molar refractivity (Wildman–Crippen MR) is 94.8 cm³/mol. The first-order valence-corrected chi connectivity index (χ1v) is 8.13. The van der Waals surface area contributed by atoms with Crippen LogP contribution in [0.4, 0.5) is 5.69 Å². The molecule has 0 spiro atoms. The fourth-order valence-corrected chi connectivity index (χ4v) is 3.19. The quantitative estimate of drug-likeness (QED) is 0.586. The van der Waals surface area contributed by atoms with E-state index in [1.165, 1.54) is 5.39 Å². The van der Waals surface area contributed by atoms with Gasteiger partial charge in [-0.3, -0.25) is 0 Å². The second-order valence-corrected chi connectivity index (χ2v) is 6.45. The van der Waals surface area contributed by atoms with Gasteiger partial charge in [0.1, 0.15) is 5.75 Å². The van der Waals surface area contributed by atoms with E-state index in [0.717, 1.165) is 21.1 Å². The Hall–Kier alpha value is -1.52. The number of phenols is 1. The molecule has 106 valence electrons. The third-order valence-electron chi connectivity index (χ3n) is 3.41. The monoisotopic (exact) mass is 405 g/mol. The summed E-state index contributed by atoms with van der Waals surface area (Å²) >= 11 is 6.91. The van der Waals surface area contributed by atoms with Gasteiger partial charge in [0.15, 0.2) is 0 Å². The highest BCUT2D eigenvalue weighted by Crippen LogP contribution is 2.32. The average molecular weight is 407 g/mol. The van der Waals surface area contributed by atoms with E-state index in [-0.39, 0.29) is 5.75 Å². The third kappa shape index (κ3) is 2.92. The number of halogens is 2. The highest BCUT2D eigenvalue weighted by atomic mass is 79.9. The summed E-state index contributed by atoms with van der Waals surface area (Å²) in [6.07, 6.45) is 0. The van der Waals surface area contributed by atoms with Crippen molar-refractivity contribution in [2.24, 2.45) is 0 Å². The molecular weight excluding hydrogens is 394 g/mol. The minimum atomic E-state index is 0.284. The maximum atomic E-state index is 10.0. The molecule has 0 bridgehead atoms. The van der Waals surface area contributed by atoms with E-state index in [1.807, 2.05) is 42.5 Å². The first-order chi connectivity index (χ1) is 10.2. The molecule has 4 heteroatoms. The lowest BCUT2D eigenvalue weighted by Crippen LogP contribution is -2.00. The van der Waals surface area contributed by atoms with E-state index in [4.69, 9.17) is 0 Å². The molecule has 21 heavy (non-hydrogen) atoms. The summed E-state index contributed by atoms with van der Waals surface area (Å²) in [5.41, 5.74) is 1.91. The molecule has 0 aliphatic carbocycles. The zero-order valence-electron chi connectivity index (χ0n) is 11.1. The third-order valence-corrected chi connectivity index (χ3v) is 4.74. The predicted octanol–water partition coefficient (Wildman–Crippen LogP) is 5.68. The van der Waals surface area contributed by atoms with Crippen molar-refractivity contribution in [3.8, 4) is 5.75 Å². The molecular formula is C17H13Br2NO. The number of anilines is 1. The molecule has 0 unspecified atom stereocenters. The summed E-state index contributed by atoms with van der Waals surface area (Å²) in [4.78, 5) is 0. The molecule has 3 aromatic rings. The van der Waals surface area contributed by atoms with Crippen LogP contribution < -0.4 is 5.32 Å². The zero-order chi connectivity index (χ0) is 14.8. The van der Waals surface area contributed by atoms with Crippen LogP contribution in [0.3, 0.4) is 0 Å². The van der Waals surface area contributed by atoms with Gasteiger partial charge in [-0.15, -0.1) is 0 Å². The zero-order valence-corrected chi connectivity index (χ0v) is 14.3. The molecule has 0 fully saturated rings. The topological polar surface area (TPSA) is 32.3 Å². The molecule has 3 aromatic carbocycles. The summed E-state index contributed by atoms with van der Waals surface area (Å²) in [7, 11) is 0. The van der Waals surface area contributed by atoms with Crippen molar-refractivity contribution < 1.29 is 5.11 Å². The van der Waals surface area contributed by atoms with Crippen molar-refractivity contribution in [2.45, 2.75) is 6.54 Å². The molecule has 0 heterocycles. The van der Waals surface area contributed by atoms with Gasteiger partial charge in [-0.1, -0.05) is 52.3 Å². The Morgan fingerprint density at radius 3 is 2.38 bits per heavy atom. The van der Waals surface area contributed by atoms with Gasteiger partial charge in [-0.2, -0.15) is 0 Å². The molecule has 0 radical (unpaired) electrons. The molecule has 0 atom stereocenters. The number of hydrogen-bond donors (Lipinski definition) is 2. The molecule has 0 aliphatic heterocycles. The lowest BCUT2D eigenvalue weighted by molar-refractivity contribution is 0.465. The number of rotatable bonds is 3. The van der Waals surface area contributed by atoms with E-state index in [0.29, 0.717) is 11.0 Å². The summed E-state index contributed by atoms with van der Waals surface area (Å²) < 4.78 is 1.79. The molecule has 2 N–H and O–H groups in total. The lowest BCUT2D eigenvalue weighted by atomic mass is 10.1. The van der Waals surface area contributed by atoms with Gasteiger partial charge in [0.2, 0.25) is 0 Å². The Morgan fingerprint density at radius 1 is 0.810 bits per heavy atom. The Kier molecular flexibility index (Phi) is 4.17.